The van der Waals surface area contributed by atoms with Crippen molar-refractivity contribution in [2.24, 2.45) is 5.92 Å². The van der Waals surface area contributed by atoms with Gasteiger partial charge in [0.2, 0.25) is 5.91 Å². The zero-order valence-electron chi connectivity index (χ0n) is 13.4. The molecule has 0 spiro atoms. The zero-order valence-corrected chi connectivity index (χ0v) is 13.4. The highest BCUT2D eigenvalue weighted by Crippen LogP contribution is 2.17. The summed E-state index contributed by atoms with van der Waals surface area (Å²) in [4.78, 5) is 26.5. The molecule has 5 nitrogen and oxygen atoms in total. The molecule has 1 atom stereocenters. The first-order valence-electron chi connectivity index (χ1n) is 8.43. The Morgan fingerprint density at radius 2 is 1.62 bits per heavy atom. The lowest BCUT2D eigenvalue weighted by Crippen LogP contribution is -2.54. The molecule has 0 aromatic carbocycles. The molecule has 2 rings (SSSR count). The molecule has 1 aliphatic heterocycles. The second kappa shape index (κ2) is 7.66. The minimum absolute atomic E-state index is 0.0706. The summed E-state index contributed by atoms with van der Waals surface area (Å²) >= 11 is 0. The minimum atomic E-state index is -0.410. The largest absolute Gasteiger partial charge is 0.341 e. The van der Waals surface area contributed by atoms with E-state index in [1.165, 1.54) is 19.3 Å². The van der Waals surface area contributed by atoms with E-state index < -0.39 is 6.04 Å². The molecule has 2 aliphatic rings. The normalized spacial score (nSPS) is 21.4. The molecule has 0 radical (unpaired) electrons. The van der Waals surface area contributed by atoms with Crippen LogP contribution in [0.1, 0.15) is 58.8 Å². The molecule has 3 amide bonds. The van der Waals surface area contributed by atoms with Gasteiger partial charge in [-0.3, -0.25) is 4.79 Å². The molecule has 0 bridgehead atoms. The van der Waals surface area contributed by atoms with Crippen LogP contribution in [0.5, 0.6) is 0 Å². The fourth-order valence-corrected chi connectivity index (χ4v) is 3.26. The van der Waals surface area contributed by atoms with Crippen molar-refractivity contribution in [3.63, 3.8) is 0 Å². The molecular formula is C16H29N3O2. The predicted octanol–water partition coefficient (Wildman–Crippen LogP) is 2.27. The van der Waals surface area contributed by atoms with Crippen LogP contribution in [0.3, 0.4) is 0 Å². The van der Waals surface area contributed by atoms with E-state index in [9.17, 15) is 9.59 Å². The maximum absolute atomic E-state index is 12.5. The van der Waals surface area contributed by atoms with Crippen LogP contribution in [0, 0.1) is 5.92 Å². The van der Waals surface area contributed by atoms with Crippen molar-refractivity contribution in [3.05, 3.63) is 0 Å². The van der Waals surface area contributed by atoms with Crippen molar-refractivity contribution < 1.29 is 9.59 Å². The molecule has 5 heteroatoms. The fourth-order valence-electron chi connectivity index (χ4n) is 3.26. The summed E-state index contributed by atoms with van der Waals surface area (Å²) in [6.07, 6.45) is 7.90. The molecule has 1 aliphatic carbocycles. The lowest BCUT2D eigenvalue weighted by atomic mass is 9.96. The van der Waals surface area contributed by atoms with E-state index in [1.54, 1.807) is 0 Å². The second-order valence-corrected chi connectivity index (χ2v) is 6.71. The molecule has 120 valence electrons. The maximum atomic E-state index is 12.5. The summed E-state index contributed by atoms with van der Waals surface area (Å²) in [5.74, 6) is 0.177. The van der Waals surface area contributed by atoms with Crippen molar-refractivity contribution in [1.29, 1.82) is 0 Å². The van der Waals surface area contributed by atoms with Crippen molar-refractivity contribution in [2.75, 3.05) is 13.1 Å². The van der Waals surface area contributed by atoms with Gasteiger partial charge in [0.1, 0.15) is 6.04 Å². The molecular weight excluding hydrogens is 266 g/mol. The Morgan fingerprint density at radius 1 is 1.00 bits per heavy atom. The lowest BCUT2D eigenvalue weighted by molar-refractivity contribution is -0.133. The highest BCUT2D eigenvalue weighted by Gasteiger charge is 2.30. The second-order valence-electron chi connectivity index (χ2n) is 6.71. The monoisotopic (exact) mass is 295 g/mol. The smallest absolute Gasteiger partial charge is 0.315 e. The van der Waals surface area contributed by atoms with Crippen LogP contribution in [0.2, 0.25) is 0 Å². The highest BCUT2D eigenvalue weighted by atomic mass is 16.2. The number of nitrogens with one attached hydrogen (secondary N) is 2. The van der Waals surface area contributed by atoms with Gasteiger partial charge in [-0.15, -0.1) is 0 Å². The van der Waals surface area contributed by atoms with Gasteiger partial charge in [-0.25, -0.2) is 4.79 Å². The summed E-state index contributed by atoms with van der Waals surface area (Å²) in [6, 6.07) is -0.326. The molecule has 1 heterocycles. The third-order valence-electron chi connectivity index (χ3n) is 4.58. The van der Waals surface area contributed by atoms with Crippen LogP contribution >= 0.6 is 0 Å². The van der Waals surface area contributed by atoms with E-state index in [2.05, 4.69) is 10.6 Å². The number of urea groups is 1. The van der Waals surface area contributed by atoms with Crippen LogP contribution in [0.4, 0.5) is 4.79 Å². The van der Waals surface area contributed by atoms with E-state index in [0.29, 0.717) is 0 Å². The number of likely N-dealkylation sites (tertiary alicyclic amines) is 1. The lowest BCUT2D eigenvalue weighted by Gasteiger charge is -2.28. The van der Waals surface area contributed by atoms with Gasteiger partial charge in [0.15, 0.2) is 0 Å². The minimum Gasteiger partial charge on any atom is -0.341 e. The molecule has 2 N–H and O–H groups in total. The van der Waals surface area contributed by atoms with Gasteiger partial charge >= 0.3 is 6.03 Å². The SMILES string of the molecule is CC(C)[C@@H](NC(=O)NC1CCCCC1)C(=O)N1CCCC1. The number of carbonyl (C=O) groups is 2. The van der Waals surface area contributed by atoms with E-state index in [0.717, 1.165) is 38.8 Å². The fraction of sp³-hybridized carbons (Fsp3) is 0.875. The van der Waals surface area contributed by atoms with Crippen LogP contribution < -0.4 is 10.6 Å². The Labute approximate surface area is 127 Å². The van der Waals surface area contributed by atoms with Gasteiger partial charge in [-0.05, 0) is 31.6 Å². The maximum Gasteiger partial charge on any atom is 0.315 e. The molecule has 0 aromatic rings. The Morgan fingerprint density at radius 3 is 2.19 bits per heavy atom. The van der Waals surface area contributed by atoms with Gasteiger partial charge in [0.25, 0.3) is 0 Å². The highest BCUT2D eigenvalue weighted by molar-refractivity contribution is 5.87. The number of amides is 3. The molecule has 21 heavy (non-hydrogen) atoms. The van der Waals surface area contributed by atoms with E-state index in [4.69, 9.17) is 0 Å². The summed E-state index contributed by atoms with van der Waals surface area (Å²) in [5.41, 5.74) is 0. The average molecular weight is 295 g/mol. The first kappa shape index (κ1) is 16.1. The average Bonchev–Trinajstić information content (AvgIpc) is 2.99. The Hall–Kier alpha value is -1.26. The molecule has 1 saturated carbocycles. The molecule has 1 saturated heterocycles. The number of rotatable bonds is 4. The third-order valence-corrected chi connectivity index (χ3v) is 4.58. The van der Waals surface area contributed by atoms with Gasteiger partial charge in [0.05, 0.1) is 0 Å². The quantitative estimate of drug-likeness (QED) is 0.836. The number of hydrogen-bond donors (Lipinski definition) is 2. The Balaban J connectivity index is 1.86. The van der Waals surface area contributed by atoms with Crippen LogP contribution in [-0.2, 0) is 4.79 Å². The Kier molecular flexibility index (Phi) is 5.88. The summed E-state index contributed by atoms with van der Waals surface area (Å²) in [7, 11) is 0. The summed E-state index contributed by atoms with van der Waals surface area (Å²) in [5, 5.41) is 5.93. The van der Waals surface area contributed by atoms with Gasteiger partial charge in [-0.2, -0.15) is 0 Å². The van der Waals surface area contributed by atoms with Gasteiger partial charge in [-0.1, -0.05) is 33.1 Å². The summed E-state index contributed by atoms with van der Waals surface area (Å²) in [6.45, 7) is 5.63. The third kappa shape index (κ3) is 4.61. The first-order valence-corrected chi connectivity index (χ1v) is 8.43. The van der Waals surface area contributed by atoms with Crippen LogP contribution in [0.15, 0.2) is 0 Å². The number of nitrogens with zero attached hydrogens (tertiary/aromatic N) is 1. The number of hydrogen-bond acceptors (Lipinski definition) is 2. The Bertz CT molecular complexity index is 359. The summed E-state index contributed by atoms with van der Waals surface area (Å²) < 4.78 is 0. The standard InChI is InChI=1S/C16H29N3O2/c1-12(2)14(15(20)19-10-6-7-11-19)18-16(21)17-13-8-4-3-5-9-13/h12-14H,3-11H2,1-2H3,(H2,17,18,21)/t14-/m1/s1. The number of carbonyl (C=O) groups excluding carboxylic acids is 2. The van der Waals surface area contributed by atoms with E-state index in [-0.39, 0.29) is 23.9 Å². The topological polar surface area (TPSA) is 61.4 Å². The molecule has 0 unspecified atom stereocenters. The van der Waals surface area contributed by atoms with Crippen molar-refractivity contribution >= 4 is 11.9 Å². The molecule has 0 aromatic heterocycles. The van der Waals surface area contributed by atoms with Crippen LogP contribution in [-0.4, -0.2) is 42.0 Å². The van der Waals surface area contributed by atoms with E-state index >= 15 is 0 Å². The first-order chi connectivity index (χ1) is 10.1. The zero-order chi connectivity index (χ0) is 15.2. The predicted molar refractivity (Wildman–Crippen MR) is 83.0 cm³/mol. The van der Waals surface area contributed by atoms with Gasteiger partial charge < -0.3 is 15.5 Å². The van der Waals surface area contributed by atoms with Gasteiger partial charge in [0, 0.05) is 19.1 Å². The van der Waals surface area contributed by atoms with E-state index in [1.807, 2.05) is 18.7 Å². The van der Waals surface area contributed by atoms with Crippen molar-refractivity contribution in [1.82, 2.24) is 15.5 Å². The molecule has 2 fully saturated rings. The van der Waals surface area contributed by atoms with Crippen molar-refractivity contribution in [3.8, 4) is 0 Å². The van der Waals surface area contributed by atoms with Crippen LogP contribution in [0.25, 0.3) is 0 Å². The van der Waals surface area contributed by atoms with Crippen molar-refractivity contribution in [2.45, 2.75) is 70.9 Å².